The molecule has 1 N–H and O–H groups in total. The lowest BCUT2D eigenvalue weighted by atomic mass is 10.2. The predicted molar refractivity (Wildman–Crippen MR) is 57.8 cm³/mol. The average Bonchev–Trinajstić information content (AvgIpc) is 2.67. The van der Waals surface area contributed by atoms with E-state index in [9.17, 15) is 9.59 Å². The van der Waals surface area contributed by atoms with Crippen LogP contribution in [0, 0.1) is 12.8 Å². The molecule has 0 spiro atoms. The third-order valence-electron chi connectivity index (χ3n) is 2.42. The molecular formula is C11H12N2O2. The van der Waals surface area contributed by atoms with Crippen molar-refractivity contribution < 1.29 is 0 Å². The summed E-state index contributed by atoms with van der Waals surface area (Å²) >= 11 is 0. The molecule has 1 heterocycles. The van der Waals surface area contributed by atoms with Crippen LogP contribution in [0.5, 0.6) is 0 Å². The smallest absolute Gasteiger partial charge is 0.299 e. The van der Waals surface area contributed by atoms with E-state index in [1.165, 1.54) is 4.57 Å². The number of rotatable bonds is 2. The van der Waals surface area contributed by atoms with E-state index in [1.807, 2.05) is 24.3 Å². The molecule has 2 rings (SSSR count). The van der Waals surface area contributed by atoms with Gasteiger partial charge >= 0.3 is 5.69 Å². The minimum atomic E-state index is -0.348. The molecule has 1 aliphatic rings. The molecule has 0 atom stereocenters. The van der Waals surface area contributed by atoms with Gasteiger partial charge in [0.2, 0.25) is 0 Å². The maximum absolute atomic E-state index is 11.4. The second-order valence-corrected chi connectivity index (χ2v) is 3.66. The number of nitrogens with one attached hydrogen (secondary N) is 1. The van der Waals surface area contributed by atoms with Crippen LogP contribution in [-0.4, -0.2) is 9.55 Å². The van der Waals surface area contributed by atoms with Crippen LogP contribution in [0.2, 0.25) is 0 Å². The fraction of sp³-hybridized carbons (Fsp3) is 0.273. The van der Waals surface area contributed by atoms with Gasteiger partial charge < -0.3 is 0 Å². The standard InChI is InChI=1S/C11H12N2O2/c1-8-6-13(11(15)12-10(8)14)7-9-4-2-3-5-9/h2-6,9H,7H2,1H3,(H,12,14,15). The Bertz CT molecular complexity index is 522. The molecule has 0 aromatic carbocycles. The minimum Gasteiger partial charge on any atom is -0.299 e. The molecule has 1 aromatic rings. The molecule has 0 bridgehead atoms. The molecule has 4 heteroatoms. The van der Waals surface area contributed by atoms with Gasteiger partial charge in [-0.2, -0.15) is 0 Å². The Morgan fingerprint density at radius 1 is 1.33 bits per heavy atom. The van der Waals surface area contributed by atoms with Gasteiger partial charge in [0.05, 0.1) is 0 Å². The van der Waals surface area contributed by atoms with E-state index in [2.05, 4.69) is 4.98 Å². The van der Waals surface area contributed by atoms with Crippen molar-refractivity contribution in [2.24, 2.45) is 5.92 Å². The molecule has 0 amide bonds. The first-order valence-electron chi connectivity index (χ1n) is 4.82. The topological polar surface area (TPSA) is 54.9 Å². The fourth-order valence-corrected chi connectivity index (χ4v) is 1.58. The SMILES string of the molecule is Cc1cn(CC2C=CC=C2)c(=O)[nH]c1=O. The zero-order valence-electron chi connectivity index (χ0n) is 8.43. The molecule has 0 saturated carbocycles. The van der Waals surface area contributed by atoms with Crippen LogP contribution < -0.4 is 11.2 Å². The second kappa shape index (κ2) is 3.73. The summed E-state index contributed by atoms with van der Waals surface area (Å²) in [4.78, 5) is 24.9. The van der Waals surface area contributed by atoms with Gasteiger partial charge in [-0.25, -0.2) is 4.79 Å². The molecule has 78 valence electrons. The summed E-state index contributed by atoms with van der Waals surface area (Å²) in [7, 11) is 0. The monoisotopic (exact) mass is 204 g/mol. The highest BCUT2D eigenvalue weighted by molar-refractivity contribution is 5.17. The van der Waals surface area contributed by atoms with Gasteiger partial charge in [0.25, 0.3) is 5.56 Å². The van der Waals surface area contributed by atoms with Crippen LogP contribution in [0.3, 0.4) is 0 Å². The number of hydrogen-bond donors (Lipinski definition) is 1. The summed E-state index contributed by atoms with van der Waals surface area (Å²) in [6.07, 6.45) is 9.55. The van der Waals surface area contributed by atoms with E-state index < -0.39 is 0 Å². The number of aromatic amines is 1. The number of nitrogens with zero attached hydrogens (tertiary/aromatic N) is 1. The lowest BCUT2D eigenvalue weighted by Gasteiger charge is -2.08. The Labute approximate surface area is 86.6 Å². The van der Waals surface area contributed by atoms with Crippen molar-refractivity contribution in [2.45, 2.75) is 13.5 Å². The summed E-state index contributed by atoms with van der Waals surface area (Å²) in [5.74, 6) is 0.244. The Kier molecular flexibility index (Phi) is 2.41. The van der Waals surface area contributed by atoms with E-state index in [0.717, 1.165) is 0 Å². The molecule has 0 aliphatic heterocycles. The average molecular weight is 204 g/mol. The van der Waals surface area contributed by atoms with Crippen LogP contribution >= 0.6 is 0 Å². The molecule has 15 heavy (non-hydrogen) atoms. The molecule has 0 radical (unpaired) electrons. The Balaban J connectivity index is 2.32. The van der Waals surface area contributed by atoms with Gasteiger partial charge in [-0.3, -0.25) is 14.3 Å². The lowest BCUT2D eigenvalue weighted by Crippen LogP contribution is -2.31. The molecule has 0 fully saturated rings. The van der Waals surface area contributed by atoms with Gasteiger partial charge in [0, 0.05) is 24.2 Å². The molecular weight excluding hydrogens is 192 g/mol. The van der Waals surface area contributed by atoms with Crippen molar-refractivity contribution in [1.82, 2.24) is 9.55 Å². The summed E-state index contributed by atoms with van der Waals surface area (Å²) in [6.45, 7) is 2.26. The first-order valence-corrected chi connectivity index (χ1v) is 4.82. The summed E-state index contributed by atoms with van der Waals surface area (Å²) < 4.78 is 1.53. The van der Waals surface area contributed by atoms with Crippen LogP contribution in [0.1, 0.15) is 5.56 Å². The van der Waals surface area contributed by atoms with E-state index in [0.29, 0.717) is 12.1 Å². The summed E-state index contributed by atoms with van der Waals surface area (Å²) in [6, 6.07) is 0. The van der Waals surface area contributed by atoms with Crippen molar-refractivity contribution in [3.63, 3.8) is 0 Å². The number of allylic oxidation sites excluding steroid dienone is 4. The highest BCUT2D eigenvalue weighted by atomic mass is 16.2. The Hall–Kier alpha value is -1.84. The van der Waals surface area contributed by atoms with Crippen LogP contribution in [-0.2, 0) is 6.54 Å². The van der Waals surface area contributed by atoms with Crippen molar-refractivity contribution in [3.8, 4) is 0 Å². The summed E-state index contributed by atoms with van der Waals surface area (Å²) in [5, 5.41) is 0. The first-order chi connectivity index (χ1) is 7.16. The maximum atomic E-state index is 11.4. The highest BCUT2D eigenvalue weighted by Crippen LogP contribution is 2.09. The van der Waals surface area contributed by atoms with Crippen LogP contribution in [0.4, 0.5) is 0 Å². The van der Waals surface area contributed by atoms with E-state index in [1.54, 1.807) is 13.1 Å². The largest absolute Gasteiger partial charge is 0.328 e. The first kappa shape index (κ1) is 9.71. The van der Waals surface area contributed by atoms with E-state index >= 15 is 0 Å². The molecule has 1 aromatic heterocycles. The van der Waals surface area contributed by atoms with Gasteiger partial charge in [0.15, 0.2) is 0 Å². The minimum absolute atomic E-state index is 0.244. The number of aromatic nitrogens is 2. The van der Waals surface area contributed by atoms with Crippen molar-refractivity contribution in [1.29, 1.82) is 0 Å². The quantitative estimate of drug-likeness (QED) is 0.766. The second-order valence-electron chi connectivity index (χ2n) is 3.66. The van der Waals surface area contributed by atoms with Crippen LogP contribution in [0.15, 0.2) is 40.1 Å². The van der Waals surface area contributed by atoms with Gasteiger partial charge in [-0.1, -0.05) is 24.3 Å². The number of hydrogen-bond acceptors (Lipinski definition) is 2. The fourth-order valence-electron chi connectivity index (χ4n) is 1.58. The van der Waals surface area contributed by atoms with Crippen LogP contribution in [0.25, 0.3) is 0 Å². The van der Waals surface area contributed by atoms with Crippen molar-refractivity contribution in [2.75, 3.05) is 0 Å². The number of aryl methyl sites for hydroxylation is 1. The molecule has 0 unspecified atom stereocenters. The Morgan fingerprint density at radius 2 is 2.00 bits per heavy atom. The lowest BCUT2D eigenvalue weighted by molar-refractivity contribution is 0.580. The third kappa shape index (κ3) is 1.98. The van der Waals surface area contributed by atoms with E-state index in [-0.39, 0.29) is 17.2 Å². The predicted octanol–water partition coefficient (Wildman–Crippen LogP) is 0.587. The Morgan fingerprint density at radius 3 is 2.67 bits per heavy atom. The van der Waals surface area contributed by atoms with E-state index in [4.69, 9.17) is 0 Å². The summed E-state index contributed by atoms with van der Waals surface area (Å²) in [5.41, 5.74) is -0.103. The van der Waals surface area contributed by atoms with Crippen molar-refractivity contribution in [3.05, 3.63) is 56.9 Å². The number of H-pyrrole nitrogens is 1. The molecule has 1 aliphatic carbocycles. The molecule has 0 saturated heterocycles. The normalized spacial score (nSPS) is 15.0. The zero-order valence-corrected chi connectivity index (χ0v) is 8.43. The van der Waals surface area contributed by atoms with Gasteiger partial charge in [-0.05, 0) is 6.92 Å². The zero-order chi connectivity index (χ0) is 10.8. The van der Waals surface area contributed by atoms with Crippen molar-refractivity contribution >= 4 is 0 Å². The third-order valence-corrected chi connectivity index (χ3v) is 2.42. The maximum Gasteiger partial charge on any atom is 0.328 e. The molecule has 4 nitrogen and oxygen atoms in total. The van der Waals surface area contributed by atoms with Gasteiger partial charge in [0.1, 0.15) is 0 Å². The highest BCUT2D eigenvalue weighted by Gasteiger charge is 2.07. The van der Waals surface area contributed by atoms with Gasteiger partial charge in [-0.15, -0.1) is 0 Å².